The zero-order chi connectivity index (χ0) is 17.2. The number of amides is 2. The zero-order valence-electron chi connectivity index (χ0n) is 13.5. The second-order valence-corrected chi connectivity index (χ2v) is 7.31. The highest BCUT2D eigenvalue weighted by atomic mass is 32.1. The van der Waals surface area contributed by atoms with Crippen molar-refractivity contribution >= 4 is 33.8 Å². The summed E-state index contributed by atoms with van der Waals surface area (Å²) in [4.78, 5) is 24.8. The topological polar surface area (TPSA) is 58.2 Å². The van der Waals surface area contributed by atoms with Gasteiger partial charge in [-0.3, -0.25) is 9.59 Å². The molecule has 1 aromatic heterocycles. The smallest absolute Gasteiger partial charge is 0.266 e. The standard InChI is InChI=1S/C17H19FN2O2S/c1-10-9-13(20-16(22)17(2,3)4)23-14(10)15(21)19-12-8-6-5-7-11(12)18/h5-9H,1-4H3,(H,19,21)(H,20,22). The summed E-state index contributed by atoms with van der Waals surface area (Å²) in [6.07, 6.45) is 0. The monoisotopic (exact) mass is 334 g/mol. The lowest BCUT2D eigenvalue weighted by Crippen LogP contribution is -2.27. The van der Waals surface area contributed by atoms with Gasteiger partial charge in [-0.25, -0.2) is 4.39 Å². The molecule has 0 aliphatic heterocycles. The molecule has 2 amide bonds. The first kappa shape index (κ1) is 17.1. The molecule has 0 radical (unpaired) electrons. The van der Waals surface area contributed by atoms with E-state index in [1.165, 1.54) is 23.5 Å². The van der Waals surface area contributed by atoms with E-state index in [2.05, 4.69) is 10.6 Å². The van der Waals surface area contributed by atoms with Gasteiger partial charge < -0.3 is 10.6 Å². The molecule has 0 bridgehead atoms. The molecule has 1 heterocycles. The summed E-state index contributed by atoms with van der Waals surface area (Å²) in [5, 5.41) is 5.94. The van der Waals surface area contributed by atoms with Crippen LogP contribution in [0.4, 0.5) is 15.1 Å². The van der Waals surface area contributed by atoms with Crippen LogP contribution in [-0.2, 0) is 4.79 Å². The van der Waals surface area contributed by atoms with Crippen molar-refractivity contribution in [1.29, 1.82) is 0 Å². The Kier molecular flexibility index (Phi) is 4.85. The highest BCUT2D eigenvalue weighted by molar-refractivity contribution is 7.18. The van der Waals surface area contributed by atoms with Crippen molar-refractivity contribution in [2.45, 2.75) is 27.7 Å². The maximum Gasteiger partial charge on any atom is 0.266 e. The molecule has 23 heavy (non-hydrogen) atoms. The lowest BCUT2D eigenvalue weighted by Gasteiger charge is -2.16. The number of hydrogen-bond donors (Lipinski definition) is 2. The lowest BCUT2D eigenvalue weighted by atomic mass is 9.96. The molecule has 122 valence electrons. The van der Waals surface area contributed by atoms with Gasteiger partial charge in [0.25, 0.3) is 5.91 Å². The van der Waals surface area contributed by atoms with Gasteiger partial charge in [-0.05, 0) is 30.7 Å². The Balaban J connectivity index is 2.16. The maximum atomic E-state index is 13.6. The molecule has 0 saturated heterocycles. The lowest BCUT2D eigenvalue weighted by molar-refractivity contribution is -0.123. The molecule has 0 aliphatic rings. The van der Waals surface area contributed by atoms with Crippen LogP contribution >= 0.6 is 11.3 Å². The number of rotatable bonds is 3. The number of thiophene rings is 1. The van der Waals surface area contributed by atoms with E-state index in [9.17, 15) is 14.0 Å². The second kappa shape index (κ2) is 6.50. The van der Waals surface area contributed by atoms with E-state index in [-0.39, 0.29) is 11.6 Å². The Morgan fingerprint density at radius 1 is 1.13 bits per heavy atom. The maximum absolute atomic E-state index is 13.6. The summed E-state index contributed by atoms with van der Waals surface area (Å²) < 4.78 is 13.6. The fourth-order valence-corrected chi connectivity index (χ4v) is 2.77. The number of carbonyl (C=O) groups is 2. The van der Waals surface area contributed by atoms with E-state index in [4.69, 9.17) is 0 Å². The second-order valence-electron chi connectivity index (χ2n) is 6.26. The van der Waals surface area contributed by atoms with Crippen molar-refractivity contribution in [3.63, 3.8) is 0 Å². The summed E-state index contributed by atoms with van der Waals surface area (Å²) in [6, 6.07) is 7.73. The van der Waals surface area contributed by atoms with Crippen LogP contribution in [0.2, 0.25) is 0 Å². The predicted molar refractivity (Wildman–Crippen MR) is 91.5 cm³/mol. The van der Waals surface area contributed by atoms with Crippen LogP contribution in [0.15, 0.2) is 30.3 Å². The Labute approximate surface area is 138 Å². The van der Waals surface area contributed by atoms with Gasteiger partial charge in [0, 0.05) is 5.41 Å². The van der Waals surface area contributed by atoms with Crippen LogP contribution < -0.4 is 10.6 Å². The summed E-state index contributed by atoms with van der Waals surface area (Å²) in [5.74, 6) is -1.01. The van der Waals surface area contributed by atoms with Crippen LogP contribution in [0.1, 0.15) is 36.0 Å². The Morgan fingerprint density at radius 3 is 2.39 bits per heavy atom. The zero-order valence-corrected chi connectivity index (χ0v) is 14.3. The van der Waals surface area contributed by atoms with E-state index in [0.717, 1.165) is 5.56 Å². The molecule has 0 spiro atoms. The molecule has 1 aromatic carbocycles. The van der Waals surface area contributed by atoms with E-state index < -0.39 is 17.1 Å². The molecular weight excluding hydrogens is 315 g/mol. The first-order chi connectivity index (χ1) is 10.7. The van der Waals surface area contributed by atoms with E-state index >= 15 is 0 Å². The molecule has 0 fully saturated rings. The number of para-hydroxylation sites is 1. The van der Waals surface area contributed by atoms with Crippen LogP contribution in [0.3, 0.4) is 0 Å². The van der Waals surface area contributed by atoms with Gasteiger partial charge in [-0.2, -0.15) is 0 Å². The van der Waals surface area contributed by atoms with Gasteiger partial charge in [0.2, 0.25) is 5.91 Å². The minimum atomic E-state index is -0.520. The average molecular weight is 334 g/mol. The molecule has 0 saturated carbocycles. The fourth-order valence-electron chi connectivity index (χ4n) is 1.81. The number of anilines is 2. The number of benzene rings is 1. The molecular formula is C17H19FN2O2S. The molecule has 2 rings (SSSR count). The minimum Gasteiger partial charge on any atom is -0.319 e. The SMILES string of the molecule is Cc1cc(NC(=O)C(C)(C)C)sc1C(=O)Nc1ccccc1F. The summed E-state index contributed by atoms with van der Waals surface area (Å²) in [5.41, 5.74) is 0.339. The Hall–Kier alpha value is -2.21. The van der Waals surface area contributed by atoms with Crippen molar-refractivity contribution in [1.82, 2.24) is 0 Å². The van der Waals surface area contributed by atoms with E-state index in [1.54, 1.807) is 25.1 Å². The van der Waals surface area contributed by atoms with Crippen LogP contribution in [0.25, 0.3) is 0 Å². The first-order valence-corrected chi connectivity index (χ1v) is 7.98. The number of halogens is 1. The molecule has 4 nitrogen and oxygen atoms in total. The fraction of sp³-hybridized carbons (Fsp3) is 0.294. The molecule has 2 aromatic rings. The molecule has 0 unspecified atom stereocenters. The van der Waals surface area contributed by atoms with E-state index in [1.807, 2.05) is 20.8 Å². The van der Waals surface area contributed by atoms with Crippen LogP contribution in [0.5, 0.6) is 0 Å². The third-order valence-corrected chi connectivity index (χ3v) is 4.32. The normalized spacial score (nSPS) is 11.2. The first-order valence-electron chi connectivity index (χ1n) is 7.16. The van der Waals surface area contributed by atoms with Gasteiger partial charge in [-0.15, -0.1) is 11.3 Å². The highest BCUT2D eigenvalue weighted by Gasteiger charge is 2.23. The number of hydrogen-bond acceptors (Lipinski definition) is 3. The van der Waals surface area contributed by atoms with E-state index in [0.29, 0.717) is 9.88 Å². The molecule has 6 heteroatoms. The van der Waals surface area contributed by atoms with Gasteiger partial charge in [0.1, 0.15) is 5.82 Å². The van der Waals surface area contributed by atoms with Gasteiger partial charge in [0.05, 0.1) is 15.6 Å². The van der Waals surface area contributed by atoms with Crippen LogP contribution in [-0.4, -0.2) is 11.8 Å². The Bertz CT molecular complexity index is 747. The third-order valence-electron chi connectivity index (χ3n) is 3.16. The Morgan fingerprint density at radius 2 is 1.78 bits per heavy atom. The van der Waals surface area contributed by atoms with Crippen LogP contribution in [0, 0.1) is 18.2 Å². The van der Waals surface area contributed by atoms with Gasteiger partial charge >= 0.3 is 0 Å². The quantitative estimate of drug-likeness (QED) is 0.872. The van der Waals surface area contributed by atoms with Gasteiger partial charge in [-0.1, -0.05) is 32.9 Å². The van der Waals surface area contributed by atoms with Gasteiger partial charge in [0.15, 0.2) is 0 Å². The summed E-state index contributed by atoms with van der Waals surface area (Å²) >= 11 is 1.17. The van der Waals surface area contributed by atoms with Crippen molar-refractivity contribution in [2.75, 3.05) is 10.6 Å². The van der Waals surface area contributed by atoms with Crippen molar-refractivity contribution < 1.29 is 14.0 Å². The summed E-state index contributed by atoms with van der Waals surface area (Å²) in [6.45, 7) is 7.22. The molecule has 0 atom stereocenters. The predicted octanol–water partition coefficient (Wildman–Crippen LogP) is 4.43. The molecule has 2 N–H and O–H groups in total. The average Bonchev–Trinajstić information content (AvgIpc) is 2.81. The largest absolute Gasteiger partial charge is 0.319 e. The van der Waals surface area contributed by atoms with Crippen molar-refractivity contribution in [3.05, 3.63) is 46.6 Å². The number of aryl methyl sites for hydroxylation is 1. The van der Waals surface area contributed by atoms with Crippen molar-refractivity contribution in [3.8, 4) is 0 Å². The highest BCUT2D eigenvalue weighted by Crippen LogP contribution is 2.29. The number of nitrogens with one attached hydrogen (secondary N) is 2. The third kappa shape index (κ3) is 4.16. The van der Waals surface area contributed by atoms with Crippen molar-refractivity contribution in [2.24, 2.45) is 5.41 Å². The summed E-state index contributed by atoms with van der Waals surface area (Å²) in [7, 11) is 0. The molecule has 0 aliphatic carbocycles. The minimum absolute atomic E-state index is 0.125. The number of carbonyl (C=O) groups excluding carboxylic acids is 2.